The normalized spacial score (nSPS) is 19.6. The number of carbonyl (C=O) groups is 2. The Morgan fingerprint density at radius 3 is 1.98 bits per heavy atom. The fraction of sp³-hybridized carbons (Fsp3) is 0.375. The average Bonchev–Trinajstić information content (AvgIpc) is 2.93. The highest BCUT2D eigenvalue weighted by atomic mass is 19.1. The minimum Gasteiger partial charge on any atom is -0.508 e. The number of likely N-dealkylation sites (tertiary alicyclic amines) is 1. The first-order chi connectivity index (χ1) is 19.2. The second kappa shape index (κ2) is 13.2. The lowest BCUT2D eigenvalue weighted by atomic mass is 9.68. The summed E-state index contributed by atoms with van der Waals surface area (Å²) in [6.45, 7) is 4.63. The third kappa shape index (κ3) is 6.94. The van der Waals surface area contributed by atoms with Gasteiger partial charge in [-0.05, 0) is 62.5 Å². The Bertz CT molecular complexity index is 1280. The van der Waals surface area contributed by atoms with E-state index in [-0.39, 0.29) is 23.1 Å². The smallest absolute Gasteiger partial charge is 0.167 e. The molecule has 3 aromatic carbocycles. The van der Waals surface area contributed by atoms with Crippen molar-refractivity contribution in [2.45, 2.75) is 12.8 Å². The molecule has 3 atom stereocenters. The molecule has 1 fully saturated rings. The van der Waals surface area contributed by atoms with E-state index in [0.29, 0.717) is 55.1 Å². The number of Topliss-reactive ketones (excluding diaryl/α,β-unsaturated/α-hetero) is 2. The topological polar surface area (TPSA) is 90.3 Å². The van der Waals surface area contributed by atoms with Crippen LogP contribution in [0.15, 0.2) is 66.7 Å². The summed E-state index contributed by atoms with van der Waals surface area (Å²) in [5, 5.41) is 20.2. The summed E-state index contributed by atoms with van der Waals surface area (Å²) in [7, 11) is 3.94. The maximum absolute atomic E-state index is 14.8. The third-order valence-corrected chi connectivity index (χ3v) is 7.62. The van der Waals surface area contributed by atoms with Crippen LogP contribution in [0, 0.1) is 24.6 Å². The van der Waals surface area contributed by atoms with Crippen molar-refractivity contribution in [1.29, 1.82) is 0 Å². The van der Waals surface area contributed by atoms with E-state index in [0.717, 1.165) is 6.54 Å². The third-order valence-electron chi connectivity index (χ3n) is 7.62. The molecule has 0 bridgehead atoms. The zero-order valence-corrected chi connectivity index (χ0v) is 23.2. The van der Waals surface area contributed by atoms with Crippen molar-refractivity contribution in [3.05, 3.63) is 94.8 Å². The first-order valence-electron chi connectivity index (χ1n) is 13.5. The summed E-state index contributed by atoms with van der Waals surface area (Å²) < 4.78 is 20.7. The van der Waals surface area contributed by atoms with Gasteiger partial charge in [-0.3, -0.25) is 14.5 Å². The van der Waals surface area contributed by atoms with Gasteiger partial charge in [-0.15, -0.1) is 0 Å². The molecule has 212 valence electrons. The number of phenolic OH excluding ortho intramolecular Hbond substituents is 2. The molecule has 0 spiro atoms. The highest BCUT2D eigenvalue weighted by Crippen LogP contribution is 2.42. The van der Waals surface area contributed by atoms with E-state index in [1.54, 1.807) is 43.3 Å². The number of benzene rings is 3. The molecule has 4 rings (SSSR count). The summed E-state index contributed by atoms with van der Waals surface area (Å²) in [5.41, 5.74) is 1.67. The van der Waals surface area contributed by atoms with Crippen molar-refractivity contribution in [3.8, 4) is 11.5 Å². The van der Waals surface area contributed by atoms with Crippen molar-refractivity contribution in [1.82, 2.24) is 9.80 Å². The highest BCUT2D eigenvalue weighted by molar-refractivity contribution is 6.02. The molecule has 1 unspecified atom stereocenters. The number of halogens is 1. The SMILES string of the molecule is Cc1c(F)cccc1C1[C@@H](C(=O)c2cccc(O)c2)CN(CCOCCN(C)C)C[C@H]1C(=O)c1cccc(O)c1. The standard InChI is InChI=1S/C32H37FN2O5/c1-21-26(11-6-12-29(21)33)30-27(31(38)22-7-4-9-24(36)17-22)19-35(14-16-40-15-13-34(2)3)20-28(30)32(39)23-8-5-10-25(37)18-23/h4-12,17-18,27-28,30,36-37H,13-16,19-20H2,1-3H3/t27-,28+,30?. The molecule has 0 radical (unpaired) electrons. The van der Waals surface area contributed by atoms with Gasteiger partial charge in [-0.2, -0.15) is 0 Å². The van der Waals surface area contributed by atoms with E-state index < -0.39 is 23.6 Å². The lowest BCUT2D eigenvalue weighted by Crippen LogP contribution is -2.51. The van der Waals surface area contributed by atoms with Crippen LogP contribution >= 0.6 is 0 Å². The molecule has 7 nitrogen and oxygen atoms in total. The van der Waals surface area contributed by atoms with Gasteiger partial charge < -0.3 is 19.8 Å². The first kappa shape index (κ1) is 29.4. The van der Waals surface area contributed by atoms with Gasteiger partial charge in [0.25, 0.3) is 0 Å². The average molecular weight is 549 g/mol. The molecule has 0 aromatic heterocycles. The molecular formula is C32H37FN2O5. The Morgan fingerprint density at radius 2 is 1.45 bits per heavy atom. The van der Waals surface area contributed by atoms with Gasteiger partial charge in [0, 0.05) is 55.1 Å². The summed E-state index contributed by atoms with van der Waals surface area (Å²) in [6, 6.07) is 17.1. The van der Waals surface area contributed by atoms with Crippen LogP contribution in [0.4, 0.5) is 4.39 Å². The van der Waals surface area contributed by atoms with Gasteiger partial charge in [-0.25, -0.2) is 4.39 Å². The largest absolute Gasteiger partial charge is 0.508 e. The van der Waals surface area contributed by atoms with E-state index in [9.17, 15) is 24.2 Å². The molecule has 1 aliphatic rings. The van der Waals surface area contributed by atoms with Gasteiger partial charge in [0.05, 0.1) is 13.2 Å². The van der Waals surface area contributed by atoms with Crippen molar-refractivity contribution in [2.24, 2.45) is 11.8 Å². The number of nitrogens with zero attached hydrogens (tertiary/aromatic N) is 2. The van der Waals surface area contributed by atoms with Crippen molar-refractivity contribution in [3.63, 3.8) is 0 Å². The number of piperidine rings is 1. The van der Waals surface area contributed by atoms with Crippen molar-refractivity contribution >= 4 is 11.6 Å². The Hall–Kier alpha value is -3.59. The molecule has 40 heavy (non-hydrogen) atoms. The number of ether oxygens (including phenoxy) is 1. The Labute approximate surface area is 234 Å². The summed E-state index contributed by atoms with van der Waals surface area (Å²) >= 11 is 0. The number of phenols is 2. The molecule has 2 N–H and O–H groups in total. The molecule has 8 heteroatoms. The van der Waals surface area contributed by atoms with Crippen LogP contribution in [-0.4, -0.2) is 85.1 Å². The van der Waals surface area contributed by atoms with Gasteiger partial charge >= 0.3 is 0 Å². The molecule has 0 aliphatic carbocycles. The Morgan fingerprint density at radius 1 is 0.900 bits per heavy atom. The zero-order chi connectivity index (χ0) is 28.8. The van der Waals surface area contributed by atoms with E-state index in [1.807, 2.05) is 19.0 Å². The number of ketones is 2. The molecule has 1 heterocycles. The summed E-state index contributed by atoms with van der Waals surface area (Å²) in [4.78, 5) is 32.2. The van der Waals surface area contributed by atoms with Crippen LogP contribution in [0.3, 0.4) is 0 Å². The number of hydrogen-bond donors (Lipinski definition) is 2. The van der Waals surface area contributed by atoms with Crippen LogP contribution in [-0.2, 0) is 4.74 Å². The molecular weight excluding hydrogens is 511 g/mol. The maximum atomic E-state index is 14.8. The fourth-order valence-electron chi connectivity index (χ4n) is 5.52. The minimum atomic E-state index is -0.691. The molecule has 1 aliphatic heterocycles. The van der Waals surface area contributed by atoms with Crippen molar-refractivity contribution in [2.75, 3.05) is 53.5 Å². The van der Waals surface area contributed by atoms with Crippen LogP contribution in [0.5, 0.6) is 11.5 Å². The monoisotopic (exact) mass is 548 g/mol. The van der Waals surface area contributed by atoms with E-state index in [1.165, 1.54) is 30.3 Å². The van der Waals surface area contributed by atoms with E-state index in [2.05, 4.69) is 4.90 Å². The summed E-state index contributed by atoms with van der Waals surface area (Å²) in [5.74, 6) is -2.91. The minimum absolute atomic E-state index is 0.0290. The number of likely N-dealkylation sites (N-methyl/N-ethyl adjacent to an activating group) is 1. The van der Waals surface area contributed by atoms with Gasteiger partial charge in [0.2, 0.25) is 0 Å². The quantitative estimate of drug-likeness (QED) is 0.269. The van der Waals surface area contributed by atoms with Crippen LogP contribution in [0.25, 0.3) is 0 Å². The second-order valence-electron chi connectivity index (χ2n) is 10.7. The number of carbonyl (C=O) groups excluding carboxylic acids is 2. The molecule has 0 saturated carbocycles. The fourth-order valence-corrected chi connectivity index (χ4v) is 5.52. The zero-order valence-electron chi connectivity index (χ0n) is 23.2. The predicted molar refractivity (Wildman–Crippen MR) is 152 cm³/mol. The van der Waals surface area contributed by atoms with Crippen molar-refractivity contribution < 1.29 is 28.9 Å². The Balaban J connectivity index is 1.75. The molecule has 1 saturated heterocycles. The lowest BCUT2D eigenvalue weighted by Gasteiger charge is -2.43. The van der Waals surface area contributed by atoms with Crippen LogP contribution in [0.1, 0.15) is 37.8 Å². The predicted octanol–water partition coefficient (Wildman–Crippen LogP) is 4.52. The number of rotatable bonds is 11. The highest BCUT2D eigenvalue weighted by Gasteiger charge is 2.45. The van der Waals surface area contributed by atoms with Gasteiger partial charge in [0.15, 0.2) is 11.6 Å². The first-order valence-corrected chi connectivity index (χ1v) is 13.5. The van der Waals surface area contributed by atoms with Gasteiger partial charge in [0.1, 0.15) is 17.3 Å². The Kier molecular flexibility index (Phi) is 9.68. The number of hydrogen-bond acceptors (Lipinski definition) is 7. The van der Waals surface area contributed by atoms with Gasteiger partial charge in [-0.1, -0.05) is 36.4 Å². The molecule has 3 aromatic rings. The van der Waals surface area contributed by atoms with Crippen LogP contribution in [0.2, 0.25) is 0 Å². The second-order valence-corrected chi connectivity index (χ2v) is 10.7. The molecule has 0 amide bonds. The lowest BCUT2D eigenvalue weighted by molar-refractivity contribution is 0.0422. The maximum Gasteiger partial charge on any atom is 0.167 e. The summed E-state index contributed by atoms with van der Waals surface area (Å²) in [6.07, 6.45) is 0. The van der Waals surface area contributed by atoms with E-state index in [4.69, 9.17) is 4.74 Å². The van der Waals surface area contributed by atoms with E-state index >= 15 is 0 Å². The number of aromatic hydroxyl groups is 2. The van der Waals surface area contributed by atoms with Crippen LogP contribution < -0.4 is 0 Å².